The minimum absolute atomic E-state index is 0.0689. The molecular weight excluding hydrogens is 328 g/mol. The van der Waals surface area contributed by atoms with Crippen molar-refractivity contribution in [3.63, 3.8) is 0 Å². The highest BCUT2D eigenvalue weighted by molar-refractivity contribution is 9.10. The molecule has 4 heteroatoms. The Bertz CT molecular complexity index is 613. The summed E-state index contributed by atoms with van der Waals surface area (Å²) in [6.45, 7) is 2.95. The average Bonchev–Trinajstić information content (AvgIpc) is 2.49. The van der Waals surface area contributed by atoms with E-state index in [1.165, 1.54) is 0 Å². The van der Waals surface area contributed by atoms with Gasteiger partial charge in [0, 0.05) is 23.8 Å². The maximum Gasteiger partial charge on any atom is 0.241 e. The van der Waals surface area contributed by atoms with Gasteiger partial charge >= 0.3 is 0 Å². The van der Waals surface area contributed by atoms with Crippen molar-refractivity contribution in [2.45, 2.75) is 13.5 Å². The number of anilines is 1. The number of benzene rings is 2. The lowest BCUT2D eigenvalue weighted by molar-refractivity contribution is -0.128. The molecule has 0 radical (unpaired) electrons. The third-order valence-corrected chi connectivity index (χ3v) is 4.18. The first kappa shape index (κ1) is 15.6. The lowest BCUT2D eigenvalue weighted by Gasteiger charge is -2.18. The number of hydrogen-bond donors (Lipinski definition) is 1. The standard InChI is InChI=1S/C17H19BrN2O/c1-13-10-15(8-9-16(13)18)19-11-17(21)20(2)12-14-6-4-3-5-7-14/h3-10,19H,11-12H2,1-2H3. The van der Waals surface area contributed by atoms with Gasteiger partial charge in [0.15, 0.2) is 0 Å². The van der Waals surface area contributed by atoms with Crippen LogP contribution in [0.3, 0.4) is 0 Å². The smallest absolute Gasteiger partial charge is 0.241 e. The van der Waals surface area contributed by atoms with Gasteiger partial charge in [-0.1, -0.05) is 46.3 Å². The highest BCUT2D eigenvalue weighted by atomic mass is 79.9. The fourth-order valence-corrected chi connectivity index (χ4v) is 2.26. The minimum Gasteiger partial charge on any atom is -0.376 e. The van der Waals surface area contributed by atoms with Gasteiger partial charge in [-0.2, -0.15) is 0 Å². The maximum atomic E-state index is 12.1. The van der Waals surface area contributed by atoms with Crippen LogP contribution in [-0.4, -0.2) is 24.4 Å². The van der Waals surface area contributed by atoms with E-state index in [0.717, 1.165) is 21.3 Å². The van der Waals surface area contributed by atoms with Crippen molar-refractivity contribution in [1.82, 2.24) is 4.90 Å². The molecule has 0 saturated heterocycles. The first-order chi connectivity index (χ1) is 10.1. The molecule has 2 rings (SSSR count). The lowest BCUT2D eigenvalue weighted by atomic mass is 10.2. The molecular formula is C17H19BrN2O. The van der Waals surface area contributed by atoms with Crippen molar-refractivity contribution in [2.75, 3.05) is 18.9 Å². The van der Waals surface area contributed by atoms with E-state index in [-0.39, 0.29) is 5.91 Å². The minimum atomic E-state index is 0.0689. The van der Waals surface area contributed by atoms with Gasteiger partial charge in [0.05, 0.1) is 6.54 Å². The van der Waals surface area contributed by atoms with Gasteiger partial charge in [0.25, 0.3) is 0 Å². The fraction of sp³-hybridized carbons (Fsp3) is 0.235. The Hall–Kier alpha value is -1.81. The molecule has 2 aromatic carbocycles. The number of likely N-dealkylation sites (N-methyl/N-ethyl adjacent to an activating group) is 1. The molecule has 0 saturated carbocycles. The summed E-state index contributed by atoms with van der Waals surface area (Å²) in [5.74, 6) is 0.0689. The molecule has 0 aromatic heterocycles. The predicted octanol–water partition coefficient (Wildman–Crippen LogP) is 3.83. The number of nitrogens with one attached hydrogen (secondary N) is 1. The van der Waals surface area contributed by atoms with Crippen molar-refractivity contribution in [1.29, 1.82) is 0 Å². The third-order valence-electron chi connectivity index (χ3n) is 3.29. The van der Waals surface area contributed by atoms with Gasteiger partial charge in [0.2, 0.25) is 5.91 Å². The van der Waals surface area contributed by atoms with E-state index in [9.17, 15) is 4.79 Å². The summed E-state index contributed by atoms with van der Waals surface area (Å²) < 4.78 is 1.07. The summed E-state index contributed by atoms with van der Waals surface area (Å²) >= 11 is 3.47. The van der Waals surface area contributed by atoms with Gasteiger partial charge in [-0.05, 0) is 36.2 Å². The normalized spacial score (nSPS) is 10.2. The van der Waals surface area contributed by atoms with Gasteiger partial charge < -0.3 is 10.2 Å². The first-order valence-corrected chi connectivity index (χ1v) is 7.63. The van der Waals surface area contributed by atoms with Crippen LogP contribution in [0.15, 0.2) is 53.0 Å². The molecule has 2 aromatic rings. The molecule has 21 heavy (non-hydrogen) atoms. The molecule has 0 unspecified atom stereocenters. The lowest BCUT2D eigenvalue weighted by Crippen LogP contribution is -2.31. The van der Waals surface area contributed by atoms with Gasteiger partial charge in [0.1, 0.15) is 0 Å². The predicted molar refractivity (Wildman–Crippen MR) is 90.3 cm³/mol. The Morgan fingerprint density at radius 1 is 1.19 bits per heavy atom. The molecule has 0 spiro atoms. The summed E-state index contributed by atoms with van der Waals surface area (Å²) in [4.78, 5) is 13.9. The van der Waals surface area contributed by atoms with Crippen LogP contribution in [0.25, 0.3) is 0 Å². The summed E-state index contributed by atoms with van der Waals surface area (Å²) in [7, 11) is 1.82. The van der Waals surface area contributed by atoms with E-state index >= 15 is 0 Å². The van der Waals surface area contributed by atoms with Crippen molar-refractivity contribution >= 4 is 27.5 Å². The number of halogens is 1. The summed E-state index contributed by atoms with van der Waals surface area (Å²) in [6, 6.07) is 16.0. The van der Waals surface area contributed by atoms with Crippen LogP contribution in [0, 0.1) is 6.92 Å². The monoisotopic (exact) mass is 346 g/mol. The zero-order valence-electron chi connectivity index (χ0n) is 12.3. The van der Waals surface area contributed by atoms with Crippen LogP contribution in [-0.2, 0) is 11.3 Å². The van der Waals surface area contributed by atoms with Gasteiger partial charge in [-0.15, -0.1) is 0 Å². The number of carbonyl (C=O) groups excluding carboxylic acids is 1. The Balaban J connectivity index is 1.87. The molecule has 1 N–H and O–H groups in total. The Labute approximate surface area is 134 Å². The van der Waals surface area contributed by atoms with E-state index in [4.69, 9.17) is 0 Å². The quantitative estimate of drug-likeness (QED) is 0.892. The zero-order valence-corrected chi connectivity index (χ0v) is 13.9. The Kier molecular flexibility index (Phi) is 5.39. The Morgan fingerprint density at radius 3 is 2.57 bits per heavy atom. The Morgan fingerprint density at radius 2 is 1.90 bits per heavy atom. The molecule has 0 aliphatic heterocycles. The van der Waals surface area contributed by atoms with E-state index in [2.05, 4.69) is 21.2 Å². The van der Waals surface area contributed by atoms with Crippen LogP contribution in [0.4, 0.5) is 5.69 Å². The number of carbonyl (C=O) groups is 1. The molecule has 110 valence electrons. The SMILES string of the molecule is Cc1cc(NCC(=O)N(C)Cc2ccccc2)ccc1Br. The molecule has 3 nitrogen and oxygen atoms in total. The van der Waals surface area contributed by atoms with Crippen molar-refractivity contribution in [2.24, 2.45) is 0 Å². The molecule has 0 atom stereocenters. The van der Waals surface area contributed by atoms with Crippen molar-refractivity contribution in [3.8, 4) is 0 Å². The second-order valence-electron chi connectivity index (χ2n) is 5.05. The number of nitrogens with zero attached hydrogens (tertiary/aromatic N) is 1. The average molecular weight is 347 g/mol. The number of aryl methyl sites for hydroxylation is 1. The summed E-state index contributed by atoms with van der Waals surface area (Å²) in [5, 5.41) is 3.17. The highest BCUT2D eigenvalue weighted by Crippen LogP contribution is 2.19. The molecule has 0 aliphatic rings. The van der Waals surface area contributed by atoms with Crippen molar-refractivity contribution in [3.05, 3.63) is 64.1 Å². The molecule has 0 fully saturated rings. The van der Waals surface area contributed by atoms with E-state index in [1.54, 1.807) is 4.90 Å². The van der Waals surface area contributed by atoms with Gasteiger partial charge in [-0.3, -0.25) is 4.79 Å². The summed E-state index contributed by atoms with van der Waals surface area (Å²) in [5.41, 5.74) is 3.23. The van der Waals surface area contributed by atoms with E-state index < -0.39 is 0 Å². The number of amides is 1. The summed E-state index contributed by atoms with van der Waals surface area (Å²) in [6.07, 6.45) is 0. The first-order valence-electron chi connectivity index (χ1n) is 6.84. The van der Waals surface area contributed by atoms with E-state index in [0.29, 0.717) is 13.1 Å². The maximum absolute atomic E-state index is 12.1. The second-order valence-corrected chi connectivity index (χ2v) is 5.91. The third kappa shape index (κ3) is 4.60. The van der Waals surface area contributed by atoms with Crippen LogP contribution in [0.5, 0.6) is 0 Å². The highest BCUT2D eigenvalue weighted by Gasteiger charge is 2.09. The van der Waals surface area contributed by atoms with Crippen LogP contribution in [0.2, 0.25) is 0 Å². The van der Waals surface area contributed by atoms with E-state index in [1.807, 2.05) is 62.5 Å². The number of rotatable bonds is 5. The molecule has 0 bridgehead atoms. The van der Waals surface area contributed by atoms with Crippen LogP contribution in [0.1, 0.15) is 11.1 Å². The topological polar surface area (TPSA) is 32.3 Å². The van der Waals surface area contributed by atoms with Crippen LogP contribution >= 0.6 is 15.9 Å². The molecule has 1 amide bonds. The largest absolute Gasteiger partial charge is 0.376 e. The van der Waals surface area contributed by atoms with Crippen LogP contribution < -0.4 is 5.32 Å². The van der Waals surface area contributed by atoms with Gasteiger partial charge in [-0.25, -0.2) is 0 Å². The number of hydrogen-bond acceptors (Lipinski definition) is 2. The second kappa shape index (κ2) is 7.27. The van der Waals surface area contributed by atoms with Crippen molar-refractivity contribution < 1.29 is 4.79 Å². The zero-order chi connectivity index (χ0) is 15.2. The fourth-order valence-electron chi connectivity index (χ4n) is 2.01. The molecule has 0 aliphatic carbocycles. The molecule has 0 heterocycles.